The third kappa shape index (κ3) is 10.9. The standard InChI is InChI=1S/C32H38N4O7/c1-20(34-29(38)21(2)35-28(31(40)41)17-10-22-6-4-3-5-7-22)19-43-32(42)24-11-13-25(14-12-24)36-30(39)27(33)18-23-8-15-26(37)16-9-23/h3-9,11-16,20-21,27-28,35,37H,10,17-19,33H2,1-2H3,(H,34,38)(H,36,39)(H,40,41)/t20-,21-,27-,28-/m0/s1. The first-order valence-electron chi connectivity index (χ1n) is 14.0. The second-order valence-electron chi connectivity index (χ2n) is 10.4. The van der Waals surface area contributed by atoms with Gasteiger partial charge < -0.3 is 31.3 Å². The van der Waals surface area contributed by atoms with Gasteiger partial charge in [0.2, 0.25) is 11.8 Å². The van der Waals surface area contributed by atoms with Gasteiger partial charge >= 0.3 is 11.9 Å². The highest BCUT2D eigenvalue weighted by Gasteiger charge is 2.24. The molecule has 0 radical (unpaired) electrons. The van der Waals surface area contributed by atoms with Gasteiger partial charge in [-0.05, 0) is 80.6 Å². The molecule has 0 aromatic heterocycles. The Kier molecular flexibility index (Phi) is 12.2. The second kappa shape index (κ2) is 16.0. The van der Waals surface area contributed by atoms with E-state index in [1.54, 1.807) is 38.1 Å². The zero-order valence-electron chi connectivity index (χ0n) is 24.2. The molecule has 0 aliphatic heterocycles. The molecule has 4 atom stereocenters. The minimum absolute atomic E-state index is 0.0989. The highest BCUT2D eigenvalue weighted by Crippen LogP contribution is 2.14. The number of rotatable bonds is 15. The second-order valence-corrected chi connectivity index (χ2v) is 10.4. The third-order valence-corrected chi connectivity index (χ3v) is 6.68. The predicted molar refractivity (Wildman–Crippen MR) is 162 cm³/mol. The Bertz CT molecular complexity index is 1360. The number of hydrogen-bond acceptors (Lipinski definition) is 8. The molecular formula is C32H38N4O7. The van der Waals surface area contributed by atoms with Crippen LogP contribution in [0.4, 0.5) is 5.69 Å². The molecule has 0 saturated heterocycles. The average Bonchev–Trinajstić information content (AvgIpc) is 2.99. The van der Waals surface area contributed by atoms with Gasteiger partial charge in [0, 0.05) is 5.69 Å². The third-order valence-electron chi connectivity index (χ3n) is 6.68. The van der Waals surface area contributed by atoms with E-state index in [1.165, 1.54) is 24.3 Å². The van der Waals surface area contributed by atoms with Crippen LogP contribution < -0.4 is 21.7 Å². The molecule has 0 unspecified atom stereocenters. The molecule has 3 rings (SSSR count). The number of phenols is 1. The maximum atomic E-state index is 12.6. The number of hydrogen-bond donors (Lipinski definition) is 6. The van der Waals surface area contributed by atoms with E-state index < -0.39 is 47.9 Å². The van der Waals surface area contributed by atoms with Crippen molar-refractivity contribution >= 4 is 29.4 Å². The van der Waals surface area contributed by atoms with E-state index in [0.29, 0.717) is 18.5 Å². The van der Waals surface area contributed by atoms with Crippen LogP contribution in [0.2, 0.25) is 0 Å². The van der Waals surface area contributed by atoms with Crippen LogP contribution in [0.3, 0.4) is 0 Å². The van der Waals surface area contributed by atoms with Crippen molar-refractivity contribution in [2.24, 2.45) is 5.73 Å². The van der Waals surface area contributed by atoms with Gasteiger partial charge in [0.15, 0.2) is 0 Å². The van der Waals surface area contributed by atoms with Crippen LogP contribution in [-0.4, -0.2) is 64.7 Å². The fraction of sp³-hybridized carbons (Fsp3) is 0.312. The van der Waals surface area contributed by atoms with Gasteiger partial charge in [-0.25, -0.2) is 4.79 Å². The zero-order chi connectivity index (χ0) is 31.4. The molecule has 0 spiro atoms. The van der Waals surface area contributed by atoms with Crippen LogP contribution in [0.25, 0.3) is 0 Å². The summed E-state index contributed by atoms with van der Waals surface area (Å²) in [4.78, 5) is 49.3. The minimum atomic E-state index is -1.04. The Hall–Kier alpha value is -4.74. The van der Waals surface area contributed by atoms with Crippen LogP contribution in [0.15, 0.2) is 78.9 Å². The Morgan fingerprint density at radius 1 is 0.860 bits per heavy atom. The first kappa shape index (κ1) is 32.8. The molecule has 7 N–H and O–H groups in total. The number of esters is 1. The lowest BCUT2D eigenvalue weighted by Gasteiger charge is -2.22. The highest BCUT2D eigenvalue weighted by molar-refractivity contribution is 5.96. The normalized spacial score (nSPS) is 13.7. The summed E-state index contributed by atoms with van der Waals surface area (Å²) in [6, 6.07) is 19.0. The summed E-state index contributed by atoms with van der Waals surface area (Å²) in [6.45, 7) is 3.15. The van der Waals surface area contributed by atoms with E-state index >= 15 is 0 Å². The van der Waals surface area contributed by atoms with Gasteiger partial charge in [0.25, 0.3) is 0 Å². The van der Waals surface area contributed by atoms with Gasteiger partial charge in [-0.1, -0.05) is 42.5 Å². The lowest BCUT2D eigenvalue weighted by Crippen LogP contribution is -2.51. The Morgan fingerprint density at radius 3 is 2.14 bits per heavy atom. The topological polar surface area (TPSA) is 180 Å². The van der Waals surface area contributed by atoms with Gasteiger partial charge in [-0.3, -0.25) is 19.7 Å². The quantitative estimate of drug-likeness (QED) is 0.145. The summed E-state index contributed by atoms with van der Waals surface area (Å²) in [5.74, 6) is -2.34. The summed E-state index contributed by atoms with van der Waals surface area (Å²) >= 11 is 0. The lowest BCUT2D eigenvalue weighted by atomic mass is 10.0. The fourth-order valence-corrected chi connectivity index (χ4v) is 4.21. The lowest BCUT2D eigenvalue weighted by molar-refractivity contribution is -0.140. The van der Waals surface area contributed by atoms with Gasteiger partial charge in [0.05, 0.1) is 23.7 Å². The molecule has 0 aliphatic carbocycles. The van der Waals surface area contributed by atoms with Crippen LogP contribution in [0.5, 0.6) is 5.75 Å². The van der Waals surface area contributed by atoms with Gasteiger partial charge in [0.1, 0.15) is 18.4 Å². The smallest absolute Gasteiger partial charge is 0.338 e. The van der Waals surface area contributed by atoms with Crippen molar-refractivity contribution < 1.29 is 34.1 Å². The number of anilines is 1. The number of phenolic OH excluding ortho intramolecular Hbond substituents is 1. The van der Waals surface area contributed by atoms with Crippen LogP contribution in [0.1, 0.15) is 41.8 Å². The zero-order valence-corrected chi connectivity index (χ0v) is 24.2. The van der Waals surface area contributed by atoms with E-state index in [-0.39, 0.29) is 24.3 Å². The number of carbonyl (C=O) groups excluding carboxylic acids is 3. The maximum absolute atomic E-state index is 12.6. The van der Waals surface area contributed by atoms with E-state index in [9.17, 15) is 29.4 Å². The molecule has 11 heteroatoms. The van der Waals surface area contributed by atoms with Crippen molar-refractivity contribution in [3.8, 4) is 5.75 Å². The fourth-order valence-electron chi connectivity index (χ4n) is 4.21. The van der Waals surface area contributed by atoms with E-state index in [0.717, 1.165) is 11.1 Å². The number of amides is 2. The van der Waals surface area contributed by atoms with Crippen LogP contribution >= 0.6 is 0 Å². The van der Waals surface area contributed by atoms with Crippen molar-refractivity contribution in [2.75, 3.05) is 11.9 Å². The van der Waals surface area contributed by atoms with Gasteiger partial charge in [-0.2, -0.15) is 0 Å². The molecule has 0 bridgehead atoms. The number of carboxylic acid groups (broad SMARTS) is 1. The highest BCUT2D eigenvalue weighted by atomic mass is 16.5. The molecule has 228 valence electrons. The molecule has 0 aliphatic rings. The number of aromatic hydroxyl groups is 1. The molecule has 2 amide bonds. The number of aryl methyl sites for hydroxylation is 1. The molecule has 43 heavy (non-hydrogen) atoms. The number of nitrogens with one attached hydrogen (secondary N) is 3. The SMILES string of the molecule is C[C@H](N[C@@H](CCc1ccccc1)C(=O)O)C(=O)N[C@@H](C)COC(=O)c1ccc(NC(=O)[C@@H](N)Cc2ccc(O)cc2)cc1. The summed E-state index contributed by atoms with van der Waals surface area (Å²) in [6.07, 6.45) is 1.15. The first-order valence-corrected chi connectivity index (χ1v) is 14.0. The average molecular weight is 591 g/mol. The van der Waals surface area contributed by atoms with Gasteiger partial charge in [-0.15, -0.1) is 0 Å². The molecule has 0 fully saturated rings. The number of benzene rings is 3. The molecule has 3 aromatic carbocycles. The molecule has 0 heterocycles. The summed E-state index contributed by atoms with van der Waals surface area (Å²) in [5.41, 5.74) is 8.51. The van der Waals surface area contributed by atoms with Crippen molar-refractivity contribution in [2.45, 2.75) is 57.3 Å². The van der Waals surface area contributed by atoms with Crippen LogP contribution in [-0.2, 0) is 32.0 Å². The minimum Gasteiger partial charge on any atom is -0.508 e. The van der Waals surface area contributed by atoms with E-state index in [4.69, 9.17) is 10.5 Å². The molecule has 0 saturated carbocycles. The Morgan fingerprint density at radius 2 is 1.51 bits per heavy atom. The molecule has 3 aromatic rings. The van der Waals surface area contributed by atoms with Crippen LogP contribution in [0, 0.1) is 0 Å². The molecular weight excluding hydrogens is 552 g/mol. The summed E-state index contributed by atoms with van der Waals surface area (Å²) in [7, 11) is 0. The molecule has 11 nitrogen and oxygen atoms in total. The summed E-state index contributed by atoms with van der Waals surface area (Å²) in [5, 5.41) is 27.2. The van der Waals surface area contributed by atoms with E-state index in [2.05, 4.69) is 16.0 Å². The number of nitrogens with two attached hydrogens (primary N) is 1. The number of carboxylic acids is 1. The Labute approximate surface area is 250 Å². The number of aliphatic carboxylic acids is 1. The van der Waals surface area contributed by atoms with E-state index in [1.807, 2.05) is 30.3 Å². The largest absolute Gasteiger partial charge is 0.508 e. The van der Waals surface area contributed by atoms with Crippen molar-refractivity contribution in [1.29, 1.82) is 0 Å². The monoisotopic (exact) mass is 590 g/mol. The number of ether oxygens (including phenoxy) is 1. The van der Waals surface area contributed by atoms with Crippen molar-refractivity contribution in [1.82, 2.24) is 10.6 Å². The van der Waals surface area contributed by atoms with Crippen molar-refractivity contribution in [3.63, 3.8) is 0 Å². The number of carbonyl (C=O) groups is 4. The Balaban J connectivity index is 1.41. The maximum Gasteiger partial charge on any atom is 0.338 e. The summed E-state index contributed by atoms with van der Waals surface area (Å²) < 4.78 is 5.32. The van der Waals surface area contributed by atoms with Crippen molar-refractivity contribution in [3.05, 3.63) is 95.6 Å². The predicted octanol–water partition coefficient (Wildman–Crippen LogP) is 2.63. The first-order chi connectivity index (χ1) is 20.5.